The fraction of sp³-hybridized carbons (Fsp3) is 0.391. The number of unbranched alkanes of at least 4 members (excludes halogenated alkanes) is 1. The maximum Gasteiger partial charge on any atom is 0.243 e. The Balaban J connectivity index is 1.52. The van der Waals surface area contributed by atoms with E-state index in [9.17, 15) is 8.42 Å². The van der Waals surface area contributed by atoms with Crippen molar-refractivity contribution in [2.75, 3.05) is 20.2 Å². The third-order valence-corrected chi connectivity index (χ3v) is 7.01. The maximum atomic E-state index is 12.9. The van der Waals surface area contributed by atoms with Gasteiger partial charge in [0.2, 0.25) is 10.0 Å². The summed E-state index contributed by atoms with van der Waals surface area (Å²) >= 11 is 0. The van der Waals surface area contributed by atoms with Gasteiger partial charge in [-0.3, -0.25) is 10.3 Å². The Morgan fingerprint density at radius 2 is 1.90 bits per heavy atom. The van der Waals surface area contributed by atoms with Crippen molar-refractivity contribution >= 4 is 10.0 Å². The van der Waals surface area contributed by atoms with Gasteiger partial charge in [-0.15, -0.1) is 0 Å². The van der Waals surface area contributed by atoms with Crippen molar-refractivity contribution in [1.82, 2.24) is 9.79 Å². The molecule has 0 saturated heterocycles. The highest BCUT2D eigenvalue weighted by molar-refractivity contribution is 7.89. The van der Waals surface area contributed by atoms with Crippen LogP contribution in [0.5, 0.6) is 5.75 Å². The SMILES string of the molecule is CCCCc1ccc(S(=O)(=O)N2CC=C(NOCc3cccc(OC)c3)CC2)cc1. The highest BCUT2D eigenvalue weighted by Gasteiger charge is 2.26. The number of aryl methyl sites for hydroxylation is 1. The largest absolute Gasteiger partial charge is 0.497 e. The van der Waals surface area contributed by atoms with Crippen LogP contribution in [0.1, 0.15) is 37.3 Å². The first-order chi connectivity index (χ1) is 14.5. The molecule has 0 atom stereocenters. The van der Waals surface area contributed by atoms with Crippen LogP contribution in [-0.2, 0) is 27.9 Å². The van der Waals surface area contributed by atoms with Crippen LogP contribution in [0.2, 0.25) is 0 Å². The molecule has 7 heteroatoms. The molecule has 2 aromatic carbocycles. The van der Waals surface area contributed by atoms with Gasteiger partial charge in [0, 0.05) is 25.2 Å². The highest BCUT2D eigenvalue weighted by Crippen LogP contribution is 2.21. The summed E-state index contributed by atoms with van der Waals surface area (Å²) in [6.45, 7) is 3.28. The molecule has 1 heterocycles. The van der Waals surface area contributed by atoms with Crippen LogP contribution < -0.4 is 10.2 Å². The minimum Gasteiger partial charge on any atom is -0.497 e. The Morgan fingerprint density at radius 1 is 1.10 bits per heavy atom. The fourth-order valence-electron chi connectivity index (χ4n) is 3.29. The average Bonchev–Trinajstić information content (AvgIpc) is 2.78. The van der Waals surface area contributed by atoms with Gasteiger partial charge in [0.15, 0.2) is 0 Å². The third-order valence-electron chi connectivity index (χ3n) is 5.13. The number of nitrogens with zero attached hydrogens (tertiary/aromatic N) is 1. The number of methoxy groups -OCH3 is 1. The third kappa shape index (κ3) is 5.84. The van der Waals surface area contributed by atoms with Gasteiger partial charge in [0.05, 0.1) is 18.6 Å². The van der Waals surface area contributed by atoms with Crippen LogP contribution in [-0.4, -0.2) is 32.9 Å². The number of hydroxylamine groups is 1. The number of sulfonamides is 1. The van der Waals surface area contributed by atoms with Crippen molar-refractivity contribution in [3.8, 4) is 5.75 Å². The zero-order valence-corrected chi connectivity index (χ0v) is 18.5. The van der Waals surface area contributed by atoms with E-state index in [-0.39, 0.29) is 0 Å². The number of hydrogen-bond acceptors (Lipinski definition) is 5. The predicted octanol–water partition coefficient (Wildman–Crippen LogP) is 4.04. The molecule has 3 rings (SSSR count). The summed E-state index contributed by atoms with van der Waals surface area (Å²) in [4.78, 5) is 5.92. The van der Waals surface area contributed by atoms with Gasteiger partial charge in [-0.1, -0.05) is 37.6 Å². The molecule has 2 aromatic rings. The minimum absolute atomic E-state index is 0.324. The van der Waals surface area contributed by atoms with Crippen LogP contribution in [0.4, 0.5) is 0 Å². The van der Waals surface area contributed by atoms with Gasteiger partial charge in [0.1, 0.15) is 5.75 Å². The fourth-order valence-corrected chi connectivity index (χ4v) is 4.67. The molecule has 0 amide bonds. The average molecular weight is 431 g/mol. The van der Waals surface area contributed by atoms with E-state index in [1.54, 1.807) is 19.2 Å². The number of hydrogen-bond donors (Lipinski definition) is 1. The summed E-state index contributed by atoms with van der Waals surface area (Å²) in [6, 6.07) is 14.9. The molecular weight excluding hydrogens is 400 g/mol. The summed E-state index contributed by atoms with van der Waals surface area (Å²) in [7, 11) is -1.86. The minimum atomic E-state index is -3.49. The lowest BCUT2D eigenvalue weighted by molar-refractivity contribution is 0.0452. The highest BCUT2D eigenvalue weighted by atomic mass is 32.2. The van der Waals surface area contributed by atoms with E-state index in [0.29, 0.717) is 31.0 Å². The lowest BCUT2D eigenvalue weighted by atomic mass is 10.1. The Bertz CT molecular complexity index is 955. The van der Waals surface area contributed by atoms with E-state index in [0.717, 1.165) is 36.3 Å². The monoisotopic (exact) mass is 430 g/mol. The van der Waals surface area contributed by atoms with E-state index in [1.165, 1.54) is 9.87 Å². The van der Waals surface area contributed by atoms with E-state index < -0.39 is 10.0 Å². The first kappa shape index (κ1) is 22.3. The van der Waals surface area contributed by atoms with Crippen LogP contribution in [0, 0.1) is 0 Å². The van der Waals surface area contributed by atoms with Crippen LogP contribution in [0.15, 0.2) is 65.2 Å². The van der Waals surface area contributed by atoms with Gasteiger partial charge in [0.25, 0.3) is 0 Å². The summed E-state index contributed by atoms with van der Waals surface area (Å²) in [5, 5.41) is 0. The molecule has 0 saturated carbocycles. The summed E-state index contributed by atoms with van der Waals surface area (Å²) < 4.78 is 32.5. The standard InChI is InChI=1S/C23H30N2O4S/c1-3-4-6-19-9-11-23(12-10-19)30(26,27)25-15-13-21(14-16-25)24-29-18-20-7-5-8-22(17-20)28-2/h5,7-13,17,24H,3-4,6,14-16,18H2,1-2H3. The van der Waals surface area contributed by atoms with E-state index in [4.69, 9.17) is 9.57 Å². The lowest BCUT2D eigenvalue weighted by Crippen LogP contribution is -2.36. The second-order valence-corrected chi connectivity index (χ2v) is 9.27. The Morgan fingerprint density at radius 3 is 2.57 bits per heavy atom. The van der Waals surface area contributed by atoms with Gasteiger partial charge in [-0.25, -0.2) is 8.42 Å². The Kier molecular flexibility index (Phi) is 7.90. The molecule has 0 unspecified atom stereocenters. The van der Waals surface area contributed by atoms with Crippen molar-refractivity contribution in [3.05, 3.63) is 71.4 Å². The second kappa shape index (κ2) is 10.6. The van der Waals surface area contributed by atoms with Gasteiger partial charge < -0.3 is 4.74 Å². The molecular formula is C23H30N2O4S. The van der Waals surface area contributed by atoms with E-state index >= 15 is 0 Å². The van der Waals surface area contributed by atoms with Gasteiger partial charge in [-0.2, -0.15) is 4.31 Å². The smallest absolute Gasteiger partial charge is 0.243 e. The summed E-state index contributed by atoms with van der Waals surface area (Å²) in [5.41, 5.74) is 6.00. The molecule has 0 bridgehead atoms. The lowest BCUT2D eigenvalue weighted by Gasteiger charge is -2.26. The van der Waals surface area contributed by atoms with Crippen LogP contribution in [0.3, 0.4) is 0 Å². The van der Waals surface area contributed by atoms with Crippen LogP contribution in [0.25, 0.3) is 0 Å². The van der Waals surface area contributed by atoms with Gasteiger partial charge >= 0.3 is 0 Å². The van der Waals surface area contributed by atoms with Crippen molar-refractivity contribution < 1.29 is 18.0 Å². The molecule has 0 radical (unpaired) electrons. The Hall–Kier alpha value is -2.35. The quantitative estimate of drug-likeness (QED) is 0.576. The molecule has 1 aliphatic heterocycles. The molecule has 0 fully saturated rings. The number of rotatable bonds is 10. The second-order valence-electron chi connectivity index (χ2n) is 7.33. The van der Waals surface area contributed by atoms with Crippen molar-refractivity contribution in [2.24, 2.45) is 0 Å². The molecule has 0 aromatic heterocycles. The molecule has 0 aliphatic carbocycles. The van der Waals surface area contributed by atoms with E-state index in [2.05, 4.69) is 12.4 Å². The topological polar surface area (TPSA) is 67.9 Å². The summed E-state index contributed by atoms with van der Waals surface area (Å²) in [5.74, 6) is 0.784. The first-order valence-corrected chi connectivity index (χ1v) is 11.8. The number of ether oxygens (including phenoxy) is 1. The molecule has 30 heavy (non-hydrogen) atoms. The van der Waals surface area contributed by atoms with Crippen LogP contribution >= 0.6 is 0 Å². The van der Waals surface area contributed by atoms with Crippen molar-refractivity contribution in [3.63, 3.8) is 0 Å². The normalized spacial score (nSPS) is 14.9. The molecule has 0 spiro atoms. The maximum absolute atomic E-state index is 12.9. The van der Waals surface area contributed by atoms with Gasteiger partial charge in [-0.05, 0) is 54.3 Å². The zero-order chi connectivity index (χ0) is 21.4. The summed E-state index contributed by atoms with van der Waals surface area (Å²) in [6.07, 6.45) is 5.65. The van der Waals surface area contributed by atoms with E-state index in [1.807, 2.05) is 42.5 Å². The molecule has 162 valence electrons. The zero-order valence-electron chi connectivity index (χ0n) is 17.6. The predicted molar refractivity (Wildman–Crippen MR) is 117 cm³/mol. The Labute approximate surface area is 179 Å². The molecule has 1 aliphatic rings. The number of benzene rings is 2. The molecule has 6 nitrogen and oxygen atoms in total. The number of nitrogens with one attached hydrogen (secondary N) is 1. The molecule has 1 N–H and O–H groups in total. The first-order valence-electron chi connectivity index (χ1n) is 10.3. The van der Waals surface area contributed by atoms with Crippen molar-refractivity contribution in [2.45, 2.75) is 44.1 Å². The van der Waals surface area contributed by atoms with Crippen molar-refractivity contribution in [1.29, 1.82) is 0 Å².